The first-order chi connectivity index (χ1) is 11.6. The lowest BCUT2D eigenvalue weighted by molar-refractivity contribution is 0.867. The van der Waals surface area contributed by atoms with Crippen molar-refractivity contribution in [3.05, 3.63) is 65.3 Å². The molecule has 5 nitrogen and oxygen atoms in total. The molecular formula is C18H18ClN5. The summed E-state index contributed by atoms with van der Waals surface area (Å²) in [6, 6.07) is 15.7. The van der Waals surface area contributed by atoms with Crippen LogP contribution in [0.1, 0.15) is 25.3 Å². The predicted octanol–water partition coefficient (Wildman–Crippen LogP) is 5.14. The first kappa shape index (κ1) is 16.2. The van der Waals surface area contributed by atoms with Crippen molar-refractivity contribution in [2.24, 2.45) is 0 Å². The number of hydrogen-bond donors (Lipinski definition) is 2. The van der Waals surface area contributed by atoms with Crippen LogP contribution >= 0.6 is 11.6 Å². The Morgan fingerprint density at radius 1 is 0.958 bits per heavy atom. The first-order valence-electron chi connectivity index (χ1n) is 7.70. The second-order valence-electron chi connectivity index (χ2n) is 5.67. The molecule has 24 heavy (non-hydrogen) atoms. The minimum Gasteiger partial charge on any atom is -0.338 e. The summed E-state index contributed by atoms with van der Waals surface area (Å²) in [5.41, 5.74) is 2.97. The summed E-state index contributed by atoms with van der Waals surface area (Å²) in [6.07, 6.45) is 1.55. The summed E-state index contributed by atoms with van der Waals surface area (Å²) >= 11 is 6.14. The Morgan fingerprint density at radius 3 is 2.42 bits per heavy atom. The van der Waals surface area contributed by atoms with E-state index >= 15 is 0 Å². The third-order valence-corrected chi connectivity index (χ3v) is 3.86. The lowest BCUT2D eigenvalue weighted by atomic mass is 10.0. The summed E-state index contributed by atoms with van der Waals surface area (Å²) in [5, 5.41) is 14.9. The van der Waals surface area contributed by atoms with E-state index < -0.39 is 0 Å². The standard InChI is InChI=1S/C18H18ClN5/c1-12(2)13-7-9-14(10-8-13)21-18-23-17(11-20-24-18)22-16-6-4-3-5-15(16)19/h3-12H,1-2H3,(H2,21,22,23,24). The monoisotopic (exact) mass is 339 g/mol. The average Bonchev–Trinajstić information content (AvgIpc) is 2.58. The number of anilines is 4. The molecule has 0 aliphatic carbocycles. The summed E-state index contributed by atoms with van der Waals surface area (Å²) in [7, 11) is 0. The summed E-state index contributed by atoms with van der Waals surface area (Å²) in [6.45, 7) is 4.33. The van der Waals surface area contributed by atoms with Gasteiger partial charge in [0.1, 0.15) is 0 Å². The fourth-order valence-electron chi connectivity index (χ4n) is 2.20. The number of aromatic nitrogens is 3. The molecule has 0 bridgehead atoms. The number of rotatable bonds is 5. The molecule has 0 radical (unpaired) electrons. The maximum atomic E-state index is 6.14. The van der Waals surface area contributed by atoms with Crippen LogP contribution in [0.4, 0.5) is 23.1 Å². The van der Waals surface area contributed by atoms with Crippen molar-refractivity contribution < 1.29 is 0 Å². The van der Waals surface area contributed by atoms with Crippen LogP contribution < -0.4 is 10.6 Å². The molecule has 6 heteroatoms. The molecule has 2 aromatic carbocycles. The fraction of sp³-hybridized carbons (Fsp3) is 0.167. The van der Waals surface area contributed by atoms with Gasteiger partial charge in [0.15, 0.2) is 5.82 Å². The average molecular weight is 340 g/mol. The molecule has 0 saturated carbocycles. The van der Waals surface area contributed by atoms with Gasteiger partial charge in [0.2, 0.25) is 5.95 Å². The van der Waals surface area contributed by atoms with Gasteiger partial charge in [-0.05, 0) is 35.7 Å². The van der Waals surface area contributed by atoms with Gasteiger partial charge in [-0.3, -0.25) is 0 Å². The lowest BCUT2D eigenvalue weighted by Crippen LogP contribution is -2.02. The Morgan fingerprint density at radius 2 is 1.71 bits per heavy atom. The minimum absolute atomic E-state index is 0.421. The van der Waals surface area contributed by atoms with Crippen molar-refractivity contribution in [2.45, 2.75) is 19.8 Å². The zero-order valence-electron chi connectivity index (χ0n) is 13.5. The summed E-state index contributed by atoms with van der Waals surface area (Å²) in [5.74, 6) is 1.49. The molecule has 3 rings (SSSR count). The van der Waals surface area contributed by atoms with E-state index in [-0.39, 0.29) is 0 Å². The van der Waals surface area contributed by atoms with Crippen LogP contribution in [0, 0.1) is 0 Å². The highest BCUT2D eigenvalue weighted by atomic mass is 35.5. The molecule has 0 aliphatic heterocycles. The van der Waals surface area contributed by atoms with Crippen LogP contribution in [0.5, 0.6) is 0 Å². The van der Waals surface area contributed by atoms with Gasteiger partial charge in [-0.1, -0.05) is 49.7 Å². The molecule has 0 amide bonds. The fourth-order valence-corrected chi connectivity index (χ4v) is 2.38. The van der Waals surface area contributed by atoms with Crippen molar-refractivity contribution in [2.75, 3.05) is 10.6 Å². The molecule has 0 aliphatic rings. The predicted molar refractivity (Wildman–Crippen MR) is 98.4 cm³/mol. The van der Waals surface area contributed by atoms with Crippen molar-refractivity contribution in [3.8, 4) is 0 Å². The van der Waals surface area contributed by atoms with E-state index in [9.17, 15) is 0 Å². The third kappa shape index (κ3) is 4.00. The quantitative estimate of drug-likeness (QED) is 0.674. The van der Waals surface area contributed by atoms with Crippen LogP contribution in [0.2, 0.25) is 5.02 Å². The second-order valence-corrected chi connectivity index (χ2v) is 6.08. The highest BCUT2D eigenvalue weighted by Gasteiger charge is 2.05. The Bertz CT molecular complexity index is 818. The van der Waals surface area contributed by atoms with Crippen molar-refractivity contribution in [3.63, 3.8) is 0 Å². The van der Waals surface area contributed by atoms with Gasteiger partial charge in [0.25, 0.3) is 0 Å². The highest BCUT2D eigenvalue weighted by Crippen LogP contribution is 2.24. The molecule has 2 N–H and O–H groups in total. The van der Waals surface area contributed by atoms with Crippen LogP contribution in [0.3, 0.4) is 0 Å². The van der Waals surface area contributed by atoms with Crippen molar-refractivity contribution in [1.29, 1.82) is 0 Å². The van der Waals surface area contributed by atoms with E-state index in [1.54, 1.807) is 6.20 Å². The largest absolute Gasteiger partial charge is 0.338 e. The Hall–Kier alpha value is -2.66. The van der Waals surface area contributed by atoms with Gasteiger partial charge >= 0.3 is 0 Å². The van der Waals surface area contributed by atoms with E-state index in [1.807, 2.05) is 36.4 Å². The minimum atomic E-state index is 0.421. The molecule has 0 fully saturated rings. The molecule has 1 heterocycles. The summed E-state index contributed by atoms with van der Waals surface area (Å²) < 4.78 is 0. The molecule has 0 spiro atoms. The van der Waals surface area contributed by atoms with E-state index in [0.29, 0.717) is 22.7 Å². The maximum Gasteiger partial charge on any atom is 0.249 e. The number of benzene rings is 2. The highest BCUT2D eigenvalue weighted by molar-refractivity contribution is 6.33. The number of hydrogen-bond acceptors (Lipinski definition) is 5. The third-order valence-electron chi connectivity index (χ3n) is 3.53. The van der Waals surface area contributed by atoms with Crippen LogP contribution in [0.25, 0.3) is 0 Å². The van der Waals surface area contributed by atoms with E-state index in [1.165, 1.54) is 5.56 Å². The number of nitrogens with zero attached hydrogens (tertiary/aromatic N) is 3. The normalized spacial score (nSPS) is 10.7. The molecule has 0 unspecified atom stereocenters. The van der Waals surface area contributed by atoms with Gasteiger partial charge in [0.05, 0.1) is 16.9 Å². The van der Waals surface area contributed by atoms with Crippen molar-refractivity contribution >= 4 is 34.7 Å². The topological polar surface area (TPSA) is 62.7 Å². The van der Waals surface area contributed by atoms with Gasteiger partial charge in [-0.25, -0.2) is 0 Å². The van der Waals surface area contributed by atoms with Crippen LogP contribution in [-0.4, -0.2) is 15.2 Å². The van der Waals surface area contributed by atoms with Gasteiger partial charge in [-0.15, -0.1) is 5.10 Å². The van der Waals surface area contributed by atoms with Gasteiger partial charge < -0.3 is 10.6 Å². The number of halogens is 1. The SMILES string of the molecule is CC(C)c1ccc(Nc2nncc(Nc3ccccc3Cl)n2)cc1. The Balaban J connectivity index is 1.74. The zero-order chi connectivity index (χ0) is 16.9. The molecular weight excluding hydrogens is 322 g/mol. The Kier molecular flexibility index (Phi) is 4.91. The van der Waals surface area contributed by atoms with E-state index in [0.717, 1.165) is 11.4 Å². The first-order valence-corrected chi connectivity index (χ1v) is 8.08. The molecule has 1 aromatic heterocycles. The molecule has 122 valence electrons. The second kappa shape index (κ2) is 7.27. The molecule has 0 atom stereocenters. The molecule has 3 aromatic rings. The molecule has 0 saturated heterocycles. The van der Waals surface area contributed by atoms with Crippen LogP contribution in [0.15, 0.2) is 54.7 Å². The zero-order valence-corrected chi connectivity index (χ0v) is 14.2. The van der Waals surface area contributed by atoms with Crippen LogP contribution in [-0.2, 0) is 0 Å². The number of para-hydroxylation sites is 1. The maximum absolute atomic E-state index is 6.14. The smallest absolute Gasteiger partial charge is 0.249 e. The summed E-state index contributed by atoms with van der Waals surface area (Å²) in [4.78, 5) is 4.41. The van der Waals surface area contributed by atoms with E-state index in [2.05, 4.69) is 51.8 Å². The van der Waals surface area contributed by atoms with E-state index in [4.69, 9.17) is 11.6 Å². The number of nitrogens with one attached hydrogen (secondary N) is 2. The Labute approximate surface area is 146 Å². The van der Waals surface area contributed by atoms with Crippen molar-refractivity contribution in [1.82, 2.24) is 15.2 Å². The van der Waals surface area contributed by atoms with Gasteiger partial charge in [0, 0.05) is 5.69 Å². The lowest BCUT2D eigenvalue weighted by Gasteiger charge is -2.10. The van der Waals surface area contributed by atoms with Gasteiger partial charge in [-0.2, -0.15) is 10.1 Å².